The summed E-state index contributed by atoms with van der Waals surface area (Å²) in [4.78, 5) is 5.03. The van der Waals surface area contributed by atoms with Gasteiger partial charge in [-0.2, -0.15) is 0 Å². The first-order valence-electron chi connectivity index (χ1n) is 4.31. The van der Waals surface area contributed by atoms with Crippen LogP contribution in [0.3, 0.4) is 0 Å². The number of aryl methyl sites for hydroxylation is 1. The zero-order valence-corrected chi connectivity index (χ0v) is 9.60. The van der Waals surface area contributed by atoms with Gasteiger partial charge in [-0.15, -0.1) is 0 Å². The summed E-state index contributed by atoms with van der Waals surface area (Å²) in [6, 6.07) is 5.48. The number of hydrogen-bond donors (Lipinski definition) is 1. The monoisotopic (exact) mass is 240 g/mol. The van der Waals surface area contributed by atoms with E-state index in [0.717, 1.165) is 10.6 Å². The molecule has 0 saturated heterocycles. The largest absolute Gasteiger partial charge is 0.439 e. The topological polar surface area (TPSA) is 52.0 Å². The number of benzene rings is 1. The highest BCUT2D eigenvalue weighted by molar-refractivity contribution is 7.99. The average molecular weight is 241 g/mol. The molecule has 0 aliphatic carbocycles. The van der Waals surface area contributed by atoms with Crippen molar-refractivity contribution >= 4 is 29.1 Å². The van der Waals surface area contributed by atoms with Gasteiger partial charge in [0.05, 0.1) is 16.4 Å². The maximum Gasteiger partial charge on any atom is 0.260 e. The lowest BCUT2D eigenvalue weighted by molar-refractivity contribution is 0.454. The van der Waals surface area contributed by atoms with Gasteiger partial charge < -0.3 is 10.2 Å². The van der Waals surface area contributed by atoms with Crippen LogP contribution in [-0.2, 0) is 0 Å². The van der Waals surface area contributed by atoms with Gasteiger partial charge in [-0.05, 0) is 30.8 Å². The lowest BCUT2D eigenvalue weighted by atomic mass is 10.3. The van der Waals surface area contributed by atoms with Crippen LogP contribution in [0.2, 0.25) is 5.02 Å². The van der Waals surface area contributed by atoms with Crippen molar-refractivity contribution in [2.45, 2.75) is 17.0 Å². The van der Waals surface area contributed by atoms with Crippen LogP contribution >= 0.6 is 23.4 Å². The summed E-state index contributed by atoms with van der Waals surface area (Å²) in [5, 5.41) is 1.12. The number of anilines is 1. The predicted molar refractivity (Wildman–Crippen MR) is 61.2 cm³/mol. The number of nitrogens with two attached hydrogens (primary N) is 1. The Labute approximate surface area is 96.6 Å². The van der Waals surface area contributed by atoms with Gasteiger partial charge in [-0.1, -0.05) is 17.7 Å². The van der Waals surface area contributed by atoms with Gasteiger partial charge in [-0.25, -0.2) is 4.98 Å². The number of oxazole rings is 1. The third-order valence-electron chi connectivity index (χ3n) is 1.81. The molecule has 3 nitrogen and oxygen atoms in total. The average Bonchev–Trinajstić information content (AvgIpc) is 2.59. The molecule has 2 N–H and O–H groups in total. The highest BCUT2D eigenvalue weighted by atomic mass is 35.5. The standard InChI is InChI=1S/C10H9ClN2OS/c1-6-5-14-10(13-6)15-8-4-2-3-7(11)9(8)12/h2-5H,12H2,1H3. The van der Waals surface area contributed by atoms with E-state index in [0.29, 0.717) is 15.9 Å². The molecule has 0 atom stereocenters. The second kappa shape index (κ2) is 4.16. The molecule has 2 rings (SSSR count). The summed E-state index contributed by atoms with van der Waals surface area (Å²) >= 11 is 7.26. The van der Waals surface area contributed by atoms with Crippen molar-refractivity contribution in [3.63, 3.8) is 0 Å². The zero-order chi connectivity index (χ0) is 10.8. The Hall–Kier alpha value is -1.13. The van der Waals surface area contributed by atoms with E-state index in [1.807, 2.05) is 19.1 Å². The van der Waals surface area contributed by atoms with E-state index in [9.17, 15) is 0 Å². The summed E-state index contributed by atoms with van der Waals surface area (Å²) in [6.07, 6.45) is 1.60. The van der Waals surface area contributed by atoms with Crippen LogP contribution in [0.25, 0.3) is 0 Å². The molecule has 0 fully saturated rings. The minimum atomic E-state index is 0.545. The van der Waals surface area contributed by atoms with Gasteiger partial charge >= 0.3 is 0 Å². The number of para-hydroxylation sites is 1. The Kier molecular flexibility index (Phi) is 2.88. The number of rotatable bonds is 2. The molecule has 5 heteroatoms. The predicted octanol–water partition coefficient (Wildman–Crippen LogP) is 3.37. The maximum absolute atomic E-state index is 5.90. The van der Waals surface area contributed by atoms with Crippen LogP contribution in [0.4, 0.5) is 5.69 Å². The van der Waals surface area contributed by atoms with Gasteiger partial charge in [0.25, 0.3) is 5.22 Å². The van der Waals surface area contributed by atoms with E-state index < -0.39 is 0 Å². The Morgan fingerprint density at radius 2 is 2.27 bits per heavy atom. The lowest BCUT2D eigenvalue weighted by Gasteiger charge is -2.03. The summed E-state index contributed by atoms with van der Waals surface area (Å²) in [5.74, 6) is 0. The van der Waals surface area contributed by atoms with Gasteiger partial charge in [-0.3, -0.25) is 0 Å². The third kappa shape index (κ3) is 2.27. The molecule has 0 aliphatic rings. The van der Waals surface area contributed by atoms with Crippen LogP contribution in [0.1, 0.15) is 5.69 Å². The lowest BCUT2D eigenvalue weighted by Crippen LogP contribution is -1.89. The van der Waals surface area contributed by atoms with Gasteiger partial charge in [0.1, 0.15) is 6.26 Å². The second-order valence-corrected chi connectivity index (χ2v) is 4.41. The smallest absolute Gasteiger partial charge is 0.260 e. The van der Waals surface area contributed by atoms with E-state index in [-0.39, 0.29) is 0 Å². The summed E-state index contributed by atoms with van der Waals surface area (Å²) in [7, 11) is 0. The highest BCUT2D eigenvalue weighted by Gasteiger charge is 2.08. The van der Waals surface area contributed by atoms with Crippen molar-refractivity contribution in [3.05, 3.63) is 35.2 Å². The Balaban J connectivity index is 2.28. The quantitative estimate of drug-likeness (QED) is 0.818. The summed E-state index contributed by atoms with van der Waals surface area (Å²) in [6.45, 7) is 1.87. The van der Waals surface area contributed by atoms with E-state index in [1.165, 1.54) is 11.8 Å². The first kappa shape index (κ1) is 10.4. The third-order valence-corrected chi connectivity index (χ3v) is 3.08. The molecule has 0 aliphatic heterocycles. The van der Waals surface area contributed by atoms with Gasteiger partial charge in [0, 0.05) is 4.90 Å². The van der Waals surface area contributed by atoms with Gasteiger partial charge in [0.2, 0.25) is 0 Å². The van der Waals surface area contributed by atoms with Crippen molar-refractivity contribution in [1.82, 2.24) is 4.98 Å². The van der Waals surface area contributed by atoms with Crippen molar-refractivity contribution in [3.8, 4) is 0 Å². The minimum Gasteiger partial charge on any atom is -0.439 e. The van der Waals surface area contributed by atoms with Crippen molar-refractivity contribution in [2.24, 2.45) is 0 Å². The molecule has 1 aromatic carbocycles. The van der Waals surface area contributed by atoms with Crippen molar-refractivity contribution < 1.29 is 4.42 Å². The van der Waals surface area contributed by atoms with E-state index in [2.05, 4.69) is 4.98 Å². The first-order valence-corrected chi connectivity index (χ1v) is 5.50. The Morgan fingerprint density at radius 1 is 1.47 bits per heavy atom. The Bertz CT molecular complexity index is 484. The van der Waals surface area contributed by atoms with Crippen LogP contribution in [0, 0.1) is 6.92 Å². The molecule has 0 radical (unpaired) electrons. The molecule has 78 valence electrons. The molecule has 0 bridgehead atoms. The number of nitrogen functional groups attached to an aromatic ring is 1. The van der Waals surface area contributed by atoms with Crippen LogP contribution < -0.4 is 5.73 Å². The van der Waals surface area contributed by atoms with Crippen LogP contribution in [0.5, 0.6) is 0 Å². The van der Waals surface area contributed by atoms with Gasteiger partial charge in [0.15, 0.2) is 0 Å². The number of hydrogen-bond acceptors (Lipinski definition) is 4. The van der Waals surface area contributed by atoms with E-state index in [4.69, 9.17) is 21.8 Å². The normalized spacial score (nSPS) is 10.5. The fourth-order valence-corrected chi connectivity index (χ4v) is 2.15. The molecular formula is C10H9ClN2OS. The fourth-order valence-electron chi connectivity index (χ4n) is 1.08. The van der Waals surface area contributed by atoms with Crippen molar-refractivity contribution in [2.75, 3.05) is 5.73 Å². The van der Waals surface area contributed by atoms with E-state index >= 15 is 0 Å². The van der Waals surface area contributed by atoms with Crippen LogP contribution in [-0.4, -0.2) is 4.98 Å². The van der Waals surface area contributed by atoms with Crippen LogP contribution in [0.15, 0.2) is 39.0 Å². The van der Waals surface area contributed by atoms with E-state index in [1.54, 1.807) is 12.3 Å². The zero-order valence-electron chi connectivity index (χ0n) is 8.03. The number of nitrogens with zero attached hydrogens (tertiary/aromatic N) is 1. The number of aromatic nitrogens is 1. The molecule has 0 spiro atoms. The molecular weight excluding hydrogens is 232 g/mol. The first-order chi connectivity index (χ1) is 7.16. The molecule has 15 heavy (non-hydrogen) atoms. The van der Waals surface area contributed by atoms with Crippen molar-refractivity contribution in [1.29, 1.82) is 0 Å². The summed E-state index contributed by atoms with van der Waals surface area (Å²) in [5.41, 5.74) is 7.22. The fraction of sp³-hybridized carbons (Fsp3) is 0.100. The maximum atomic E-state index is 5.90. The molecule has 1 aromatic heterocycles. The minimum absolute atomic E-state index is 0.545. The molecule has 0 unspecified atom stereocenters. The molecule has 1 heterocycles. The molecule has 0 amide bonds. The number of halogens is 1. The molecule has 0 saturated carbocycles. The summed E-state index contributed by atoms with van der Waals surface area (Å²) < 4.78 is 5.22. The highest BCUT2D eigenvalue weighted by Crippen LogP contribution is 2.34. The Morgan fingerprint density at radius 3 is 2.93 bits per heavy atom. The SMILES string of the molecule is Cc1coc(Sc2cccc(Cl)c2N)n1. The second-order valence-electron chi connectivity index (χ2n) is 3.01. The molecule has 2 aromatic rings.